The summed E-state index contributed by atoms with van der Waals surface area (Å²) in [5.41, 5.74) is 5.23. The number of rotatable bonds is 5. The summed E-state index contributed by atoms with van der Waals surface area (Å²) in [6, 6.07) is 20.0. The van der Waals surface area contributed by atoms with E-state index < -0.39 is 0 Å². The number of benzene rings is 2. The van der Waals surface area contributed by atoms with Gasteiger partial charge in [-0.25, -0.2) is 10.1 Å². The molecule has 0 bridgehead atoms. The number of amides is 1. The van der Waals surface area contributed by atoms with Crippen molar-refractivity contribution in [3.05, 3.63) is 94.8 Å². The number of nitrogens with one attached hydrogen (secondary N) is 1. The maximum Gasteiger partial charge on any atom is 0.271 e. The molecule has 0 saturated heterocycles. The van der Waals surface area contributed by atoms with Crippen LogP contribution in [-0.2, 0) is 0 Å². The number of para-hydroxylation sites is 1. The Morgan fingerprint density at radius 1 is 1.10 bits per heavy atom. The van der Waals surface area contributed by atoms with E-state index in [-0.39, 0.29) is 5.91 Å². The summed E-state index contributed by atoms with van der Waals surface area (Å²) < 4.78 is 7.48. The number of hydrazone groups is 1. The van der Waals surface area contributed by atoms with E-state index in [4.69, 9.17) is 16.0 Å². The van der Waals surface area contributed by atoms with Gasteiger partial charge in [-0.1, -0.05) is 29.8 Å². The van der Waals surface area contributed by atoms with Crippen LogP contribution in [0.3, 0.4) is 0 Å². The van der Waals surface area contributed by atoms with E-state index in [0.717, 1.165) is 11.4 Å². The molecule has 0 saturated carbocycles. The standard InChI is InChI=1S/C22H17ClN4O2/c1-15-7-12-20(29-15)21-17(14-27(26-21)19-5-3-2-4-6-19)13-24-25-22(28)16-8-10-18(23)11-9-16/h2-14H,1H3,(H,25,28)/b24-13-. The van der Waals surface area contributed by atoms with Gasteiger partial charge in [-0.05, 0) is 55.5 Å². The molecule has 0 radical (unpaired) electrons. The number of hydrogen-bond donors (Lipinski definition) is 1. The molecule has 4 aromatic rings. The Bertz CT molecular complexity index is 1160. The van der Waals surface area contributed by atoms with E-state index >= 15 is 0 Å². The Kier molecular flexibility index (Phi) is 5.27. The molecule has 1 N–H and O–H groups in total. The first kappa shape index (κ1) is 18.7. The molecule has 2 aromatic carbocycles. The SMILES string of the molecule is Cc1ccc(-c2nn(-c3ccccc3)cc2/C=N\NC(=O)c2ccc(Cl)cc2)o1. The van der Waals surface area contributed by atoms with E-state index in [2.05, 4.69) is 15.6 Å². The molecule has 0 unspecified atom stereocenters. The minimum absolute atomic E-state index is 0.330. The minimum atomic E-state index is -0.330. The fraction of sp³-hybridized carbons (Fsp3) is 0.0455. The van der Waals surface area contributed by atoms with Crippen LogP contribution in [0.4, 0.5) is 0 Å². The fourth-order valence-corrected chi connectivity index (χ4v) is 2.90. The molecule has 1 amide bonds. The number of aryl methyl sites for hydroxylation is 1. The van der Waals surface area contributed by atoms with E-state index in [1.807, 2.05) is 55.6 Å². The van der Waals surface area contributed by atoms with Crippen LogP contribution in [0.25, 0.3) is 17.1 Å². The Balaban J connectivity index is 1.61. The van der Waals surface area contributed by atoms with Gasteiger partial charge in [0.05, 0.1) is 11.9 Å². The molecule has 2 heterocycles. The molecule has 0 aliphatic carbocycles. The number of halogens is 1. The molecule has 0 fully saturated rings. The summed E-state index contributed by atoms with van der Waals surface area (Å²) in [5.74, 6) is 1.08. The molecule has 144 valence electrons. The van der Waals surface area contributed by atoms with E-state index in [1.54, 1.807) is 35.2 Å². The predicted molar refractivity (Wildman–Crippen MR) is 113 cm³/mol. The number of hydrogen-bond acceptors (Lipinski definition) is 4. The van der Waals surface area contributed by atoms with Crippen LogP contribution in [0.2, 0.25) is 5.02 Å². The lowest BCUT2D eigenvalue weighted by Gasteiger charge is -1.99. The maximum absolute atomic E-state index is 12.2. The number of furan rings is 1. The highest BCUT2D eigenvalue weighted by molar-refractivity contribution is 6.30. The molecular weight excluding hydrogens is 388 g/mol. The molecule has 7 heteroatoms. The van der Waals surface area contributed by atoms with Crippen molar-refractivity contribution in [2.45, 2.75) is 6.92 Å². The van der Waals surface area contributed by atoms with E-state index in [0.29, 0.717) is 27.6 Å². The first-order chi connectivity index (χ1) is 14.1. The highest BCUT2D eigenvalue weighted by Gasteiger charge is 2.14. The third-order valence-corrected chi connectivity index (χ3v) is 4.47. The zero-order valence-electron chi connectivity index (χ0n) is 15.5. The zero-order chi connectivity index (χ0) is 20.2. The summed E-state index contributed by atoms with van der Waals surface area (Å²) in [6.45, 7) is 1.87. The molecule has 0 aliphatic heterocycles. The summed E-state index contributed by atoms with van der Waals surface area (Å²) in [6.07, 6.45) is 3.38. The van der Waals surface area contributed by atoms with Crippen molar-refractivity contribution >= 4 is 23.7 Å². The second-order valence-electron chi connectivity index (χ2n) is 6.33. The van der Waals surface area contributed by atoms with Gasteiger partial charge in [0, 0.05) is 22.3 Å². The van der Waals surface area contributed by atoms with Crippen molar-refractivity contribution < 1.29 is 9.21 Å². The Labute approximate surface area is 172 Å². The molecule has 4 rings (SSSR count). The second-order valence-corrected chi connectivity index (χ2v) is 6.77. The van der Waals surface area contributed by atoms with Gasteiger partial charge in [-0.15, -0.1) is 0 Å². The monoisotopic (exact) mass is 404 g/mol. The predicted octanol–water partition coefficient (Wildman–Crippen LogP) is 4.86. The fourth-order valence-electron chi connectivity index (χ4n) is 2.77. The Hall–Kier alpha value is -3.64. The number of carbonyl (C=O) groups is 1. The van der Waals surface area contributed by atoms with Crippen LogP contribution in [0.5, 0.6) is 0 Å². The van der Waals surface area contributed by atoms with Gasteiger partial charge in [-0.3, -0.25) is 4.79 Å². The highest BCUT2D eigenvalue weighted by atomic mass is 35.5. The van der Waals surface area contributed by atoms with Gasteiger partial charge in [0.2, 0.25) is 0 Å². The van der Waals surface area contributed by atoms with Crippen LogP contribution < -0.4 is 5.43 Å². The molecule has 2 aromatic heterocycles. The van der Waals surface area contributed by atoms with Gasteiger partial charge < -0.3 is 4.42 Å². The van der Waals surface area contributed by atoms with Crippen molar-refractivity contribution in [1.29, 1.82) is 0 Å². The molecule has 29 heavy (non-hydrogen) atoms. The third kappa shape index (κ3) is 4.28. The van der Waals surface area contributed by atoms with Gasteiger partial charge in [0.1, 0.15) is 11.5 Å². The Morgan fingerprint density at radius 2 is 1.86 bits per heavy atom. The summed E-state index contributed by atoms with van der Waals surface area (Å²) >= 11 is 5.85. The second kappa shape index (κ2) is 8.16. The van der Waals surface area contributed by atoms with E-state index in [1.165, 1.54) is 0 Å². The lowest BCUT2D eigenvalue weighted by atomic mass is 10.2. The van der Waals surface area contributed by atoms with Crippen molar-refractivity contribution in [3.63, 3.8) is 0 Å². The third-order valence-electron chi connectivity index (χ3n) is 4.21. The molecular formula is C22H17ClN4O2. The van der Waals surface area contributed by atoms with Crippen molar-refractivity contribution in [2.24, 2.45) is 5.10 Å². The first-order valence-corrected chi connectivity index (χ1v) is 9.29. The van der Waals surface area contributed by atoms with Crippen LogP contribution in [0.15, 0.2) is 82.4 Å². The number of carbonyl (C=O) groups excluding carboxylic acids is 1. The highest BCUT2D eigenvalue weighted by Crippen LogP contribution is 2.24. The van der Waals surface area contributed by atoms with Gasteiger partial charge in [-0.2, -0.15) is 10.2 Å². The molecule has 6 nitrogen and oxygen atoms in total. The molecule has 0 aliphatic rings. The van der Waals surface area contributed by atoms with Crippen LogP contribution in [0.1, 0.15) is 21.7 Å². The largest absolute Gasteiger partial charge is 0.460 e. The quantitative estimate of drug-likeness (QED) is 0.381. The normalized spacial score (nSPS) is 11.1. The van der Waals surface area contributed by atoms with Crippen molar-refractivity contribution in [2.75, 3.05) is 0 Å². The van der Waals surface area contributed by atoms with Crippen LogP contribution in [0, 0.1) is 6.92 Å². The van der Waals surface area contributed by atoms with Gasteiger partial charge in [0.15, 0.2) is 5.76 Å². The maximum atomic E-state index is 12.2. The van der Waals surface area contributed by atoms with Gasteiger partial charge in [0.25, 0.3) is 5.91 Å². The van der Waals surface area contributed by atoms with Crippen LogP contribution >= 0.6 is 11.6 Å². The summed E-state index contributed by atoms with van der Waals surface area (Å²) in [5, 5.41) is 9.29. The molecule has 0 spiro atoms. The lowest BCUT2D eigenvalue weighted by molar-refractivity contribution is 0.0955. The van der Waals surface area contributed by atoms with Crippen molar-refractivity contribution in [3.8, 4) is 17.1 Å². The Morgan fingerprint density at radius 3 is 2.55 bits per heavy atom. The minimum Gasteiger partial charge on any atom is -0.460 e. The van der Waals surface area contributed by atoms with Crippen molar-refractivity contribution in [1.82, 2.24) is 15.2 Å². The van der Waals surface area contributed by atoms with Crippen LogP contribution in [-0.4, -0.2) is 21.9 Å². The number of aromatic nitrogens is 2. The average Bonchev–Trinajstić information content (AvgIpc) is 3.35. The first-order valence-electron chi connectivity index (χ1n) is 8.91. The smallest absolute Gasteiger partial charge is 0.271 e. The van der Waals surface area contributed by atoms with Gasteiger partial charge >= 0.3 is 0 Å². The lowest BCUT2D eigenvalue weighted by Crippen LogP contribution is -2.17. The topological polar surface area (TPSA) is 72.4 Å². The summed E-state index contributed by atoms with van der Waals surface area (Å²) in [7, 11) is 0. The average molecular weight is 405 g/mol. The summed E-state index contributed by atoms with van der Waals surface area (Å²) in [4.78, 5) is 12.2. The molecule has 0 atom stereocenters. The zero-order valence-corrected chi connectivity index (χ0v) is 16.3. The number of nitrogens with zero attached hydrogens (tertiary/aromatic N) is 3. The van der Waals surface area contributed by atoms with E-state index in [9.17, 15) is 4.79 Å².